The van der Waals surface area contributed by atoms with E-state index < -0.39 is 48.6 Å². The zero-order valence-electron chi connectivity index (χ0n) is 28.5. The highest BCUT2D eigenvalue weighted by atomic mass is 19.4. The molecule has 2 aliphatic carbocycles. The highest BCUT2D eigenvalue weighted by Gasteiger charge is 2.75. The van der Waals surface area contributed by atoms with Crippen LogP contribution in [0.15, 0.2) is 78.9 Å². The van der Waals surface area contributed by atoms with E-state index in [1.54, 1.807) is 35.2 Å². The van der Waals surface area contributed by atoms with Gasteiger partial charge in [0, 0.05) is 30.9 Å². The number of rotatable bonds is 16. The molecule has 7 nitrogen and oxygen atoms in total. The van der Waals surface area contributed by atoms with Gasteiger partial charge in [0.15, 0.2) is 6.61 Å². The van der Waals surface area contributed by atoms with Crippen LogP contribution in [0.25, 0.3) is 0 Å². The minimum absolute atomic E-state index is 0.0554. The zero-order chi connectivity index (χ0) is 37.8. The van der Waals surface area contributed by atoms with Crippen LogP contribution in [0.4, 0.5) is 56.1 Å². The fourth-order valence-corrected chi connectivity index (χ4v) is 5.88. The van der Waals surface area contributed by atoms with Gasteiger partial charge in [0.1, 0.15) is 5.75 Å². The van der Waals surface area contributed by atoms with E-state index in [1.807, 2.05) is 44.2 Å². The predicted octanol–water partition coefficient (Wildman–Crippen LogP) is 9.90. The molecular weight excluding hydrogens is 700 g/mol. The van der Waals surface area contributed by atoms with Gasteiger partial charge in [0.05, 0.1) is 5.69 Å². The summed E-state index contributed by atoms with van der Waals surface area (Å²) in [4.78, 5) is 30.6. The van der Waals surface area contributed by atoms with Gasteiger partial charge in [-0.2, -0.15) is 26.3 Å². The monoisotopic (exact) mass is 740 g/mol. The Labute approximate surface area is 296 Å². The maximum Gasteiger partial charge on any atom is 0.381 e. The van der Waals surface area contributed by atoms with Crippen LogP contribution in [0, 0.1) is 11.8 Å². The van der Waals surface area contributed by atoms with Crippen LogP contribution >= 0.6 is 0 Å². The molecule has 2 atom stereocenters. The number of carbonyl (C=O) groups is 2. The van der Waals surface area contributed by atoms with Crippen molar-refractivity contribution in [2.45, 2.75) is 88.9 Å². The topological polar surface area (TPSA) is 73.9 Å². The first-order chi connectivity index (χ1) is 24.5. The summed E-state index contributed by atoms with van der Waals surface area (Å²) in [5.74, 6) is -18.8. The third kappa shape index (κ3) is 8.90. The van der Waals surface area contributed by atoms with Gasteiger partial charge in [-0.05, 0) is 80.7 Å². The largest absolute Gasteiger partial charge is 0.485 e. The van der Waals surface area contributed by atoms with Crippen LogP contribution in [0.3, 0.4) is 0 Å². The average molecular weight is 741 g/mol. The van der Waals surface area contributed by atoms with E-state index >= 15 is 0 Å². The lowest BCUT2D eigenvalue weighted by Gasteiger charge is -2.32. The molecule has 2 aliphatic rings. The van der Waals surface area contributed by atoms with Crippen molar-refractivity contribution >= 4 is 23.4 Å². The normalized spacial score (nSPS) is 16.2. The molecule has 0 bridgehead atoms. The van der Waals surface area contributed by atoms with E-state index in [9.17, 15) is 44.7 Å². The standard InChI is InChI=1S/C37H40F8N4O3/c1-23(27-13-14-27)48(20-25-9-5-3-6-10-25)33(50)46-29-17-18-31(52-22-35(40,41)37(44,45)36(42,43)32(38)39)30(19-29)47-34(51)49(24(2)28-15-16-28)21-26-11-7-4-8-12-26/h3-12,17-19,23-24,27-28,32H,13-16,20-22H2,1-2H3,(H,46,50)(H,47,51)/t23-,24-/m1/s1. The van der Waals surface area contributed by atoms with Crippen molar-refractivity contribution in [1.29, 1.82) is 0 Å². The van der Waals surface area contributed by atoms with Crippen molar-refractivity contribution in [3.05, 3.63) is 90.0 Å². The van der Waals surface area contributed by atoms with Crippen molar-refractivity contribution in [3.63, 3.8) is 0 Å². The Kier molecular flexibility index (Phi) is 11.6. The number of carbonyl (C=O) groups excluding carboxylic acids is 2. The van der Waals surface area contributed by atoms with Crippen molar-refractivity contribution in [1.82, 2.24) is 9.80 Å². The van der Waals surface area contributed by atoms with Crippen LogP contribution in [-0.4, -0.2) is 64.7 Å². The summed E-state index contributed by atoms with van der Waals surface area (Å²) in [7, 11) is 0. The highest BCUT2D eigenvalue weighted by molar-refractivity contribution is 5.94. The Morgan fingerprint density at radius 2 is 1.19 bits per heavy atom. The Balaban J connectivity index is 1.43. The minimum atomic E-state index is -6.49. The van der Waals surface area contributed by atoms with Gasteiger partial charge in [-0.25, -0.2) is 18.4 Å². The summed E-state index contributed by atoms with van der Waals surface area (Å²) < 4.78 is 115. The van der Waals surface area contributed by atoms with Crippen LogP contribution in [0.1, 0.15) is 50.7 Å². The first kappa shape index (κ1) is 38.7. The number of hydrogen-bond acceptors (Lipinski definition) is 3. The molecule has 282 valence electrons. The molecule has 3 aromatic rings. The molecule has 0 unspecified atom stereocenters. The number of nitrogens with zero attached hydrogens (tertiary/aromatic N) is 2. The Hall–Kier alpha value is -4.56. The van der Waals surface area contributed by atoms with E-state index in [4.69, 9.17) is 4.74 Å². The summed E-state index contributed by atoms with van der Waals surface area (Å²) >= 11 is 0. The third-order valence-electron chi connectivity index (χ3n) is 9.54. The maximum atomic E-state index is 14.5. The van der Waals surface area contributed by atoms with Crippen molar-refractivity contribution in [2.24, 2.45) is 11.8 Å². The molecule has 0 aliphatic heterocycles. The number of benzene rings is 3. The number of urea groups is 2. The molecule has 52 heavy (non-hydrogen) atoms. The molecule has 0 spiro atoms. The molecule has 0 heterocycles. The zero-order valence-corrected chi connectivity index (χ0v) is 28.5. The summed E-state index contributed by atoms with van der Waals surface area (Å²) in [5, 5.41) is 5.28. The second-order valence-corrected chi connectivity index (χ2v) is 13.4. The number of anilines is 2. The second kappa shape index (κ2) is 15.6. The molecule has 2 N–H and O–H groups in total. The summed E-state index contributed by atoms with van der Waals surface area (Å²) in [6, 6.07) is 19.8. The molecule has 15 heteroatoms. The fourth-order valence-electron chi connectivity index (χ4n) is 5.88. The molecule has 5 rings (SSSR count). The van der Waals surface area contributed by atoms with Gasteiger partial charge < -0.3 is 25.2 Å². The SMILES string of the molecule is C[C@H](C1CC1)N(Cc1ccccc1)C(=O)Nc1ccc(OCC(F)(F)C(F)(F)C(F)(F)C(F)F)c(NC(=O)N(Cc2ccccc2)[C@H](C)C2CC2)c1. The van der Waals surface area contributed by atoms with Gasteiger partial charge in [0.2, 0.25) is 0 Å². The number of ether oxygens (including phenoxy) is 1. The second-order valence-electron chi connectivity index (χ2n) is 13.4. The number of alkyl halides is 8. The number of amides is 4. The molecule has 0 aromatic heterocycles. The van der Waals surface area contributed by atoms with Gasteiger partial charge in [-0.3, -0.25) is 0 Å². The van der Waals surface area contributed by atoms with Crippen LogP contribution in [0.5, 0.6) is 5.75 Å². The van der Waals surface area contributed by atoms with Gasteiger partial charge in [0.25, 0.3) is 0 Å². The molecular formula is C37H40F8N4O3. The predicted molar refractivity (Wildman–Crippen MR) is 179 cm³/mol. The Morgan fingerprint density at radius 1 is 0.731 bits per heavy atom. The van der Waals surface area contributed by atoms with Gasteiger partial charge in [-0.1, -0.05) is 60.7 Å². The number of hydrogen-bond donors (Lipinski definition) is 2. The summed E-state index contributed by atoms with van der Waals surface area (Å²) in [5.41, 5.74) is 1.32. The van der Waals surface area contributed by atoms with Crippen molar-refractivity contribution < 1.29 is 49.4 Å². The first-order valence-corrected chi connectivity index (χ1v) is 16.9. The summed E-state index contributed by atoms with van der Waals surface area (Å²) in [6.07, 6.45) is -1.48. The summed E-state index contributed by atoms with van der Waals surface area (Å²) in [6.45, 7) is 1.71. The lowest BCUT2D eigenvalue weighted by molar-refractivity contribution is -0.342. The van der Waals surface area contributed by atoms with E-state index in [0.717, 1.165) is 48.9 Å². The Morgan fingerprint density at radius 3 is 1.63 bits per heavy atom. The molecule has 2 fully saturated rings. The highest BCUT2D eigenvalue weighted by Crippen LogP contribution is 2.49. The van der Waals surface area contributed by atoms with Crippen LogP contribution in [0.2, 0.25) is 0 Å². The van der Waals surface area contributed by atoms with E-state index in [-0.39, 0.29) is 48.4 Å². The Bertz CT molecular complexity index is 1670. The van der Waals surface area contributed by atoms with Crippen molar-refractivity contribution in [2.75, 3.05) is 17.2 Å². The lowest BCUT2D eigenvalue weighted by atomic mass is 10.1. The minimum Gasteiger partial charge on any atom is -0.485 e. The maximum absolute atomic E-state index is 14.5. The number of nitrogens with one attached hydrogen (secondary N) is 2. The lowest BCUT2D eigenvalue weighted by Crippen LogP contribution is -2.59. The molecule has 2 saturated carbocycles. The quantitative estimate of drug-likeness (QED) is 0.144. The van der Waals surface area contributed by atoms with Gasteiger partial charge >= 0.3 is 36.3 Å². The molecule has 3 aromatic carbocycles. The fraction of sp³-hybridized carbons (Fsp3) is 0.459. The van der Waals surface area contributed by atoms with E-state index in [2.05, 4.69) is 10.6 Å². The van der Waals surface area contributed by atoms with E-state index in [1.165, 1.54) is 11.0 Å². The third-order valence-corrected chi connectivity index (χ3v) is 9.54. The van der Waals surface area contributed by atoms with Crippen LogP contribution in [-0.2, 0) is 13.1 Å². The van der Waals surface area contributed by atoms with Crippen LogP contribution < -0.4 is 15.4 Å². The first-order valence-electron chi connectivity index (χ1n) is 16.9. The smallest absolute Gasteiger partial charge is 0.381 e. The number of halogens is 8. The average Bonchev–Trinajstić information content (AvgIpc) is 4.03. The van der Waals surface area contributed by atoms with E-state index in [0.29, 0.717) is 0 Å². The van der Waals surface area contributed by atoms with Crippen molar-refractivity contribution in [3.8, 4) is 5.75 Å². The molecule has 0 saturated heterocycles. The molecule has 4 amide bonds. The van der Waals surface area contributed by atoms with Gasteiger partial charge in [-0.15, -0.1) is 0 Å². The molecule has 0 radical (unpaired) electrons.